The molecule has 41 heavy (non-hydrogen) atoms. The van der Waals surface area contributed by atoms with Crippen LogP contribution >= 0.6 is 23.2 Å². The average molecular weight is 624 g/mol. The molecule has 2 saturated carbocycles. The van der Waals surface area contributed by atoms with Crippen molar-refractivity contribution in [2.24, 2.45) is 5.92 Å². The Kier molecular flexibility index (Phi) is 7.50. The van der Waals surface area contributed by atoms with Gasteiger partial charge < -0.3 is 15.1 Å². The lowest BCUT2D eigenvalue weighted by molar-refractivity contribution is -0.168. The Morgan fingerprint density at radius 2 is 1.68 bits per heavy atom. The van der Waals surface area contributed by atoms with Crippen molar-refractivity contribution >= 4 is 50.9 Å². The van der Waals surface area contributed by atoms with Gasteiger partial charge in [0.05, 0.1) is 11.6 Å². The zero-order chi connectivity index (χ0) is 29.1. The lowest BCUT2D eigenvalue weighted by atomic mass is 9.84. The maximum absolute atomic E-state index is 14.2. The van der Waals surface area contributed by atoms with Gasteiger partial charge in [-0.3, -0.25) is 14.4 Å². The Hall–Kier alpha value is -2.73. The molecule has 3 atom stereocenters. The van der Waals surface area contributed by atoms with E-state index in [-0.39, 0.29) is 58.2 Å². The predicted molar refractivity (Wildman–Crippen MR) is 149 cm³/mol. The molecule has 218 valence electrons. The standard InChI is InChI=1S/C28H29Cl2FN4O5S/c29-18-6-11-24(21(30)13-18)41(39,40)34-14-22(32-26(36)17-2-1-3-17)27(37)35-23(12-16-4-7-19(31)8-5-16)28(38)33(15-25(34)35)20-9-10-20/h4-8,11,13,17,20,22-23,25H,1-3,9-10,12,14-15H2,(H,32,36). The summed E-state index contributed by atoms with van der Waals surface area (Å²) in [5.41, 5.74) is 0.615. The van der Waals surface area contributed by atoms with E-state index >= 15 is 0 Å². The summed E-state index contributed by atoms with van der Waals surface area (Å²) in [6.07, 6.45) is 2.90. The SMILES string of the molecule is O=C(NC1CN(S(=O)(=O)c2ccc(Cl)cc2Cl)C2CN(C3CC3)C(=O)C(Cc3ccc(F)cc3)N2C1=O)C1CCC1. The third kappa shape index (κ3) is 5.33. The van der Waals surface area contributed by atoms with Gasteiger partial charge in [0.2, 0.25) is 27.7 Å². The van der Waals surface area contributed by atoms with Gasteiger partial charge in [-0.25, -0.2) is 12.8 Å². The molecule has 2 aliphatic heterocycles. The van der Waals surface area contributed by atoms with Gasteiger partial charge in [-0.1, -0.05) is 41.8 Å². The highest BCUT2D eigenvalue weighted by molar-refractivity contribution is 7.89. The average Bonchev–Trinajstić information content (AvgIpc) is 3.72. The van der Waals surface area contributed by atoms with E-state index in [2.05, 4.69) is 5.32 Å². The Morgan fingerprint density at radius 3 is 2.29 bits per heavy atom. The highest BCUT2D eigenvalue weighted by Gasteiger charge is 2.56. The van der Waals surface area contributed by atoms with Crippen LogP contribution in [-0.2, 0) is 30.8 Å². The molecule has 3 unspecified atom stereocenters. The number of nitrogens with zero attached hydrogens (tertiary/aromatic N) is 3. The summed E-state index contributed by atoms with van der Waals surface area (Å²) in [4.78, 5) is 43.6. The van der Waals surface area contributed by atoms with E-state index in [0.717, 1.165) is 19.3 Å². The third-order valence-corrected chi connectivity index (χ3v) is 11.0. The molecule has 9 nitrogen and oxygen atoms in total. The minimum absolute atomic E-state index is 0.0110. The number of nitrogens with one attached hydrogen (secondary N) is 1. The summed E-state index contributed by atoms with van der Waals surface area (Å²) >= 11 is 12.4. The normalized spacial score (nSPS) is 25.6. The van der Waals surface area contributed by atoms with Gasteiger partial charge in [-0.15, -0.1) is 0 Å². The summed E-state index contributed by atoms with van der Waals surface area (Å²) in [5.74, 6) is -1.81. The van der Waals surface area contributed by atoms with Crippen LogP contribution in [0.3, 0.4) is 0 Å². The number of fused-ring (bicyclic) bond motifs is 1. The Balaban J connectivity index is 1.42. The first-order chi connectivity index (χ1) is 19.5. The van der Waals surface area contributed by atoms with Crippen LogP contribution in [0.15, 0.2) is 47.4 Å². The second-order valence-electron chi connectivity index (χ2n) is 11.1. The van der Waals surface area contributed by atoms with E-state index < -0.39 is 40.0 Å². The quantitative estimate of drug-likeness (QED) is 0.510. The van der Waals surface area contributed by atoms with Crippen molar-refractivity contribution in [2.45, 2.75) is 67.7 Å². The van der Waals surface area contributed by atoms with Crippen LogP contribution in [0.25, 0.3) is 0 Å². The molecule has 1 N–H and O–H groups in total. The number of benzene rings is 2. The molecule has 2 saturated heterocycles. The Labute approximate surface area is 247 Å². The van der Waals surface area contributed by atoms with Crippen LogP contribution in [0.2, 0.25) is 10.0 Å². The van der Waals surface area contributed by atoms with Crippen molar-refractivity contribution in [2.75, 3.05) is 13.1 Å². The first-order valence-electron chi connectivity index (χ1n) is 13.7. The molecule has 2 aliphatic carbocycles. The zero-order valence-corrected chi connectivity index (χ0v) is 24.3. The molecule has 0 radical (unpaired) electrons. The van der Waals surface area contributed by atoms with E-state index in [0.29, 0.717) is 18.4 Å². The maximum Gasteiger partial charge on any atom is 0.248 e. The van der Waals surface area contributed by atoms with Gasteiger partial charge in [0.15, 0.2) is 0 Å². The summed E-state index contributed by atoms with van der Waals surface area (Å²) < 4.78 is 43.2. The minimum atomic E-state index is -4.32. The van der Waals surface area contributed by atoms with E-state index in [4.69, 9.17) is 23.2 Å². The predicted octanol–water partition coefficient (Wildman–Crippen LogP) is 3.19. The molecule has 0 aromatic heterocycles. The van der Waals surface area contributed by atoms with E-state index in [9.17, 15) is 27.2 Å². The molecule has 6 rings (SSSR count). The summed E-state index contributed by atoms with van der Waals surface area (Å²) in [6, 6.07) is 7.40. The third-order valence-electron chi connectivity index (χ3n) is 8.44. The zero-order valence-electron chi connectivity index (χ0n) is 22.0. The van der Waals surface area contributed by atoms with Crippen LogP contribution < -0.4 is 5.32 Å². The number of rotatable bonds is 7. The van der Waals surface area contributed by atoms with Crippen LogP contribution in [-0.4, -0.2) is 77.6 Å². The second-order valence-corrected chi connectivity index (χ2v) is 13.8. The van der Waals surface area contributed by atoms with Crippen molar-refractivity contribution in [3.05, 3.63) is 63.9 Å². The molecular weight excluding hydrogens is 594 g/mol. The largest absolute Gasteiger partial charge is 0.343 e. The Morgan fingerprint density at radius 1 is 0.976 bits per heavy atom. The highest BCUT2D eigenvalue weighted by Crippen LogP contribution is 2.38. The van der Waals surface area contributed by atoms with Gasteiger partial charge in [-0.2, -0.15) is 4.31 Å². The van der Waals surface area contributed by atoms with Crippen LogP contribution in [0.5, 0.6) is 0 Å². The molecule has 4 fully saturated rings. The van der Waals surface area contributed by atoms with Gasteiger partial charge in [0, 0.05) is 29.9 Å². The fourth-order valence-corrected chi connectivity index (χ4v) is 8.18. The summed E-state index contributed by atoms with van der Waals surface area (Å²) in [7, 11) is -4.32. The second kappa shape index (κ2) is 10.8. The minimum Gasteiger partial charge on any atom is -0.343 e. The lowest BCUT2D eigenvalue weighted by Crippen LogP contribution is -2.76. The highest BCUT2D eigenvalue weighted by atomic mass is 35.5. The van der Waals surface area contributed by atoms with Crippen LogP contribution in [0, 0.1) is 11.7 Å². The van der Waals surface area contributed by atoms with Crippen molar-refractivity contribution in [3.8, 4) is 0 Å². The molecule has 3 amide bonds. The molecular formula is C28H29Cl2FN4O5S. The molecule has 13 heteroatoms. The Bertz CT molecular complexity index is 1500. The first kappa shape index (κ1) is 28.4. The van der Waals surface area contributed by atoms with Gasteiger partial charge in [0.25, 0.3) is 0 Å². The number of carbonyl (C=O) groups is 3. The topological polar surface area (TPSA) is 107 Å². The summed E-state index contributed by atoms with van der Waals surface area (Å²) in [5, 5.41) is 2.95. The number of sulfonamides is 1. The first-order valence-corrected chi connectivity index (χ1v) is 15.9. The van der Waals surface area contributed by atoms with E-state index in [1.807, 2.05) is 0 Å². The van der Waals surface area contributed by atoms with Crippen molar-refractivity contribution in [1.82, 2.24) is 19.4 Å². The number of amides is 3. The number of carbonyl (C=O) groups excluding carboxylic acids is 3. The van der Waals surface area contributed by atoms with Crippen molar-refractivity contribution < 1.29 is 27.2 Å². The lowest BCUT2D eigenvalue weighted by Gasteiger charge is -2.53. The summed E-state index contributed by atoms with van der Waals surface area (Å²) in [6.45, 7) is -0.321. The molecule has 0 bridgehead atoms. The number of hydrogen-bond acceptors (Lipinski definition) is 5. The monoisotopic (exact) mass is 622 g/mol. The number of hydrogen-bond donors (Lipinski definition) is 1. The van der Waals surface area contributed by atoms with Crippen LogP contribution in [0.1, 0.15) is 37.7 Å². The van der Waals surface area contributed by atoms with Gasteiger partial charge in [-0.05, 0) is 61.6 Å². The van der Waals surface area contributed by atoms with Crippen LogP contribution in [0.4, 0.5) is 4.39 Å². The van der Waals surface area contributed by atoms with Crippen molar-refractivity contribution in [1.29, 1.82) is 0 Å². The molecule has 4 aliphatic rings. The molecule has 2 aromatic rings. The van der Waals surface area contributed by atoms with Gasteiger partial charge in [0.1, 0.15) is 29.0 Å². The number of halogens is 3. The van der Waals surface area contributed by atoms with E-state index in [1.54, 1.807) is 17.0 Å². The molecule has 2 heterocycles. The maximum atomic E-state index is 14.2. The molecule has 2 aromatic carbocycles. The fourth-order valence-electron chi connectivity index (χ4n) is 5.84. The smallest absolute Gasteiger partial charge is 0.248 e. The van der Waals surface area contributed by atoms with E-state index in [1.165, 1.54) is 39.5 Å². The molecule has 0 spiro atoms. The van der Waals surface area contributed by atoms with Crippen molar-refractivity contribution in [3.63, 3.8) is 0 Å². The number of piperazine rings is 1. The van der Waals surface area contributed by atoms with Gasteiger partial charge >= 0.3 is 0 Å². The fraction of sp³-hybridized carbons (Fsp3) is 0.464.